The lowest BCUT2D eigenvalue weighted by Gasteiger charge is -2.17. The normalized spacial score (nSPS) is 17.1. The minimum absolute atomic E-state index is 0.253. The van der Waals surface area contributed by atoms with Crippen LogP contribution in [0.25, 0.3) is 0 Å². The molecule has 2 aromatic carbocycles. The molecule has 1 saturated carbocycles. The number of aryl methyl sites for hydroxylation is 3. The van der Waals surface area contributed by atoms with Crippen molar-refractivity contribution < 1.29 is 32.6 Å². The van der Waals surface area contributed by atoms with E-state index in [0.717, 1.165) is 11.6 Å². The monoisotopic (exact) mass is 501 g/mol. The number of aromatic nitrogens is 2. The van der Waals surface area contributed by atoms with Crippen LogP contribution in [0.4, 0.5) is 18.9 Å². The summed E-state index contributed by atoms with van der Waals surface area (Å²) in [4.78, 5) is 24.3. The van der Waals surface area contributed by atoms with Crippen molar-refractivity contribution in [2.75, 3.05) is 11.9 Å². The molecule has 4 rings (SSSR count). The summed E-state index contributed by atoms with van der Waals surface area (Å²) in [6, 6.07) is 6.75. The standard InChI is InChI=1S/C26H26F3N3O4/c1-14-8-18(36-7-6-16-12-30-32(3)13-16)9-15(2)23(14)24(33)31-22-10-17(19-11-20(19)25(34)35)4-5-21(22)26(27,28)29/h4-5,8-10,12-13,19-20H,6-7,11H2,1-3H3,(H,31,33)(H,34,35)/t19-,20-/m1/s1. The maximum atomic E-state index is 13.6. The third kappa shape index (κ3) is 5.53. The van der Waals surface area contributed by atoms with Crippen molar-refractivity contribution in [3.8, 4) is 5.75 Å². The highest BCUT2D eigenvalue weighted by atomic mass is 19.4. The first-order chi connectivity index (χ1) is 16.9. The van der Waals surface area contributed by atoms with E-state index in [9.17, 15) is 22.8 Å². The van der Waals surface area contributed by atoms with Gasteiger partial charge in [-0.15, -0.1) is 0 Å². The number of carbonyl (C=O) groups is 2. The van der Waals surface area contributed by atoms with Crippen molar-refractivity contribution in [1.82, 2.24) is 9.78 Å². The van der Waals surface area contributed by atoms with Gasteiger partial charge in [0.1, 0.15) is 5.75 Å². The van der Waals surface area contributed by atoms with Crippen LogP contribution >= 0.6 is 0 Å². The van der Waals surface area contributed by atoms with Crippen LogP contribution in [0.5, 0.6) is 5.75 Å². The summed E-state index contributed by atoms with van der Waals surface area (Å²) in [6.07, 6.45) is -0.0406. The van der Waals surface area contributed by atoms with Gasteiger partial charge in [-0.05, 0) is 72.7 Å². The Morgan fingerprint density at radius 1 is 1.19 bits per heavy atom. The predicted octanol–water partition coefficient (Wildman–Crippen LogP) is 5.12. The smallest absolute Gasteiger partial charge is 0.418 e. The van der Waals surface area contributed by atoms with Crippen LogP contribution in [0.1, 0.15) is 50.5 Å². The fourth-order valence-corrected chi connectivity index (χ4v) is 4.42. The van der Waals surface area contributed by atoms with E-state index in [-0.39, 0.29) is 11.5 Å². The molecule has 3 aromatic rings. The van der Waals surface area contributed by atoms with Gasteiger partial charge in [-0.1, -0.05) is 6.07 Å². The summed E-state index contributed by atoms with van der Waals surface area (Å²) in [6.45, 7) is 3.79. The van der Waals surface area contributed by atoms with Crippen molar-refractivity contribution in [2.24, 2.45) is 13.0 Å². The first kappa shape index (κ1) is 25.3. The molecule has 0 spiro atoms. The maximum absolute atomic E-state index is 13.6. The number of carboxylic acid groups (broad SMARTS) is 1. The molecular weight excluding hydrogens is 475 g/mol. The van der Waals surface area contributed by atoms with Crippen LogP contribution in [0, 0.1) is 19.8 Å². The molecule has 10 heteroatoms. The number of nitrogens with zero attached hydrogens (tertiary/aromatic N) is 2. The quantitative estimate of drug-likeness (QED) is 0.447. The third-order valence-electron chi connectivity index (χ3n) is 6.28. The molecule has 0 aliphatic heterocycles. The summed E-state index contributed by atoms with van der Waals surface area (Å²) in [7, 11) is 1.83. The number of amides is 1. The Labute approximate surface area is 205 Å². The topological polar surface area (TPSA) is 93.5 Å². The molecule has 1 heterocycles. The number of carboxylic acids is 1. The Hall–Kier alpha value is -3.82. The van der Waals surface area contributed by atoms with Gasteiger partial charge >= 0.3 is 12.1 Å². The van der Waals surface area contributed by atoms with Crippen molar-refractivity contribution in [3.05, 3.63) is 76.1 Å². The number of hydrogen-bond acceptors (Lipinski definition) is 4. The highest BCUT2D eigenvalue weighted by Crippen LogP contribution is 2.49. The van der Waals surface area contributed by atoms with Gasteiger partial charge in [-0.3, -0.25) is 14.3 Å². The van der Waals surface area contributed by atoms with E-state index in [1.165, 1.54) is 12.1 Å². The average molecular weight is 502 g/mol. The highest BCUT2D eigenvalue weighted by Gasteiger charge is 2.45. The molecule has 0 unspecified atom stereocenters. The molecule has 0 bridgehead atoms. The third-order valence-corrected chi connectivity index (χ3v) is 6.28. The van der Waals surface area contributed by atoms with E-state index in [4.69, 9.17) is 9.84 Å². The van der Waals surface area contributed by atoms with E-state index in [1.54, 1.807) is 36.9 Å². The summed E-state index contributed by atoms with van der Waals surface area (Å²) in [5, 5.41) is 15.7. The Morgan fingerprint density at radius 3 is 2.44 bits per heavy atom. The molecule has 36 heavy (non-hydrogen) atoms. The molecule has 190 valence electrons. The maximum Gasteiger partial charge on any atom is 0.418 e. The number of ether oxygens (including phenoxy) is 1. The first-order valence-corrected chi connectivity index (χ1v) is 11.4. The van der Waals surface area contributed by atoms with E-state index in [0.29, 0.717) is 41.9 Å². The van der Waals surface area contributed by atoms with Gasteiger partial charge in [0.25, 0.3) is 5.91 Å². The summed E-state index contributed by atoms with van der Waals surface area (Å²) in [5.41, 5.74) is 1.46. The van der Waals surface area contributed by atoms with Gasteiger partial charge in [-0.2, -0.15) is 18.3 Å². The minimum Gasteiger partial charge on any atom is -0.493 e. The number of rotatable bonds is 8. The lowest BCUT2D eigenvalue weighted by Crippen LogP contribution is -2.19. The van der Waals surface area contributed by atoms with Crippen LogP contribution in [-0.2, 0) is 24.4 Å². The van der Waals surface area contributed by atoms with Crippen molar-refractivity contribution in [1.29, 1.82) is 0 Å². The zero-order valence-corrected chi connectivity index (χ0v) is 20.0. The first-order valence-electron chi connectivity index (χ1n) is 11.4. The number of nitrogens with one attached hydrogen (secondary N) is 1. The average Bonchev–Trinajstić information content (AvgIpc) is 3.48. The molecule has 1 amide bonds. The summed E-state index contributed by atoms with van der Waals surface area (Å²) in [5.74, 6) is -2.11. The number of halogens is 3. The van der Waals surface area contributed by atoms with Crippen LogP contribution in [0.15, 0.2) is 42.7 Å². The zero-order valence-electron chi connectivity index (χ0n) is 20.0. The van der Waals surface area contributed by atoms with Gasteiger partial charge in [0.05, 0.1) is 30.0 Å². The second-order valence-electron chi connectivity index (χ2n) is 9.10. The fraction of sp³-hybridized carbons (Fsp3) is 0.346. The highest BCUT2D eigenvalue weighted by molar-refractivity contribution is 6.07. The largest absolute Gasteiger partial charge is 0.493 e. The number of alkyl halides is 3. The Balaban J connectivity index is 1.52. The molecule has 1 fully saturated rings. The van der Waals surface area contributed by atoms with Crippen LogP contribution in [-0.4, -0.2) is 33.4 Å². The van der Waals surface area contributed by atoms with E-state index < -0.39 is 35.2 Å². The van der Waals surface area contributed by atoms with Crippen molar-refractivity contribution >= 4 is 17.6 Å². The molecule has 2 N–H and O–H groups in total. The fourth-order valence-electron chi connectivity index (χ4n) is 4.42. The molecule has 1 aliphatic carbocycles. The van der Waals surface area contributed by atoms with Gasteiger partial charge in [-0.25, -0.2) is 0 Å². The number of hydrogen-bond donors (Lipinski definition) is 2. The van der Waals surface area contributed by atoms with Crippen LogP contribution in [0.2, 0.25) is 0 Å². The molecule has 0 radical (unpaired) electrons. The van der Waals surface area contributed by atoms with Gasteiger partial charge in [0.15, 0.2) is 0 Å². The molecule has 0 saturated heterocycles. The predicted molar refractivity (Wildman–Crippen MR) is 126 cm³/mol. The molecule has 1 aromatic heterocycles. The SMILES string of the molecule is Cc1cc(OCCc2cnn(C)c2)cc(C)c1C(=O)Nc1cc([C@H]2C[C@H]2C(=O)O)ccc1C(F)(F)F. The zero-order chi connectivity index (χ0) is 26.2. The van der Waals surface area contributed by atoms with Crippen LogP contribution in [0.3, 0.4) is 0 Å². The molecule has 1 aliphatic rings. The molecule has 2 atom stereocenters. The second-order valence-corrected chi connectivity index (χ2v) is 9.10. The summed E-state index contributed by atoms with van der Waals surface area (Å²) >= 11 is 0. The second kappa shape index (κ2) is 9.67. The molecule has 7 nitrogen and oxygen atoms in total. The van der Waals surface area contributed by atoms with E-state index in [1.807, 2.05) is 13.2 Å². The van der Waals surface area contributed by atoms with Gasteiger partial charge in [0.2, 0.25) is 0 Å². The van der Waals surface area contributed by atoms with Gasteiger partial charge in [0, 0.05) is 25.2 Å². The Morgan fingerprint density at radius 2 is 1.89 bits per heavy atom. The lowest BCUT2D eigenvalue weighted by atomic mass is 10.00. The van der Waals surface area contributed by atoms with Crippen LogP contribution < -0.4 is 10.1 Å². The number of anilines is 1. The minimum atomic E-state index is -4.69. The molecular formula is C26H26F3N3O4. The lowest BCUT2D eigenvalue weighted by molar-refractivity contribution is -0.139. The Bertz CT molecular complexity index is 1290. The Kier molecular flexibility index (Phi) is 6.79. The number of benzene rings is 2. The summed E-state index contributed by atoms with van der Waals surface area (Å²) < 4.78 is 48.4. The van der Waals surface area contributed by atoms with Crippen molar-refractivity contribution in [2.45, 2.75) is 38.8 Å². The van der Waals surface area contributed by atoms with Crippen molar-refractivity contribution in [3.63, 3.8) is 0 Å². The van der Waals surface area contributed by atoms with E-state index >= 15 is 0 Å². The van der Waals surface area contributed by atoms with E-state index in [2.05, 4.69) is 10.4 Å². The van der Waals surface area contributed by atoms with Gasteiger partial charge < -0.3 is 15.2 Å². The number of aliphatic carboxylic acids is 1. The number of carbonyl (C=O) groups excluding carboxylic acids is 1.